The van der Waals surface area contributed by atoms with E-state index in [0.717, 1.165) is 10.0 Å². The van der Waals surface area contributed by atoms with Crippen molar-refractivity contribution in [2.24, 2.45) is 0 Å². The lowest BCUT2D eigenvalue weighted by molar-refractivity contribution is -0.111. The maximum atomic E-state index is 11.8. The largest absolute Gasteiger partial charge is 0.320 e. The van der Waals surface area contributed by atoms with Gasteiger partial charge in [0.05, 0.1) is 15.7 Å². The molecule has 0 aromatic heterocycles. The van der Waals surface area contributed by atoms with Crippen molar-refractivity contribution in [2.75, 3.05) is 5.32 Å². The topological polar surface area (TPSA) is 29.1 Å². The summed E-state index contributed by atoms with van der Waals surface area (Å²) >= 11 is 15.3. The number of halogens is 3. The van der Waals surface area contributed by atoms with E-state index < -0.39 is 0 Å². The van der Waals surface area contributed by atoms with E-state index in [4.69, 9.17) is 23.2 Å². The quantitative estimate of drug-likeness (QED) is 0.719. The van der Waals surface area contributed by atoms with Crippen LogP contribution >= 0.6 is 39.1 Å². The average molecular weight is 371 g/mol. The molecule has 0 aliphatic rings. The van der Waals surface area contributed by atoms with Crippen LogP contribution in [0.15, 0.2) is 53.0 Å². The number of amides is 1. The highest BCUT2D eigenvalue weighted by molar-refractivity contribution is 9.10. The highest BCUT2D eigenvalue weighted by Crippen LogP contribution is 2.29. The van der Waals surface area contributed by atoms with Gasteiger partial charge in [0.15, 0.2) is 0 Å². The first-order chi connectivity index (χ1) is 9.56. The van der Waals surface area contributed by atoms with Crippen LogP contribution in [0.3, 0.4) is 0 Å². The van der Waals surface area contributed by atoms with Crippen LogP contribution in [-0.4, -0.2) is 5.91 Å². The Morgan fingerprint density at radius 2 is 1.65 bits per heavy atom. The molecule has 0 unspecified atom stereocenters. The summed E-state index contributed by atoms with van der Waals surface area (Å²) in [4.78, 5) is 11.8. The third-order valence-corrected chi connectivity index (χ3v) is 3.67. The smallest absolute Gasteiger partial charge is 0.248 e. The minimum Gasteiger partial charge on any atom is -0.320 e. The molecule has 1 amide bonds. The van der Waals surface area contributed by atoms with Gasteiger partial charge in [-0.25, -0.2) is 0 Å². The molecule has 0 atom stereocenters. The fourth-order valence-electron chi connectivity index (χ4n) is 1.53. The summed E-state index contributed by atoms with van der Waals surface area (Å²) in [5.41, 5.74) is 1.34. The first-order valence-corrected chi connectivity index (χ1v) is 7.30. The second-order valence-corrected chi connectivity index (χ2v) is 5.70. The lowest BCUT2D eigenvalue weighted by Gasteiger charge is -2.06. The summed E-state index contributed by atoms with van der Waals surface area (Å²) in [6.07, 6.45) is 3.15. The minimum atomic E-state index is -0.289. The van der Waals surface area contributed by atoms with E-state index in [2.05, 4.69) is 21.2 Å². The zero-order valence-electron chi connectivity index (χ0n) is 10.2. The van der Waals surface area contributed by atoms with Crippen LogP contribution in [0.1, 0.15) is 5.56 Å². The standard InChI is InChI=1S/C15H10BrCl2NO/c16-11-7-4-10(5-8-11)6-9-14(20)19-15-12(17)2-1-3-13(15)18/h1-9H,(H,19,20). The number of benzene rings is 2. The third-order valence-electron chi connectivity index (χ3n) is 2.51. The van der Waals surface area contributed by atoms with Gasteiger partial charge in [-0.3, -0.25) is 4.79 Å². The molecule has 0 radical (unpaired) electrons. The summed E-state index contributed by atoms with van der Waals surface area (Å²) in [5, 5.41) is 3.47. The first-order valence-electron chi connectivity index (χ1n) is 5.75. The van der Waals surface area contributed by atoms with Crippen LogP contribution in [0.2, 0.25) is 10.0 Å². The number of hydrogen-bond acceptors (Lipinski definition) is 1. The SMILES string of the molecule is O=C(C=Cc1ccc(Br)cc1)Nc1c(Cl)cccc1Cl. The number of rotatable bonds is 3. The molecule has 1 N–H and O–H groups in total. The lowest BCUT2D eigenvalue weighted by Crippen LogP contribution is -2.08. The van der Waals surface area contributed by atoms with Crippen molar-refractivity contribution in [1.29, 1.82) is 0 Å². The predicted molar refractivity (Wildman–Crippen MR) is 88.3 cm³/mol. The number of para-hydroxylation sites is 1. The Morgan fingerprint density at radius 3 is 2.25 bits per heavy atom. The zero-order valence-corrected chi connectivity index (χ0v) is 13.3. The van der Waals surface area contributed by atoms with Crippen molar-refractivity contribution < 1.29 is 4.79 Å². The second-order valence-electron chi connectivity index (χ2n) is 3.97. The molecule has 0 aliphatic carbocycles. The maximum Gasteiger partial charge on any atom is 0.248 e. The molecule has 0 bridgehead atoms. The molecular formula is C15H10BrCl2NO. The average Bonchev–Trinajstić information content (AvgIpc) is 2.42. The highest BCUT2D eigenvalue weighted by atomic mass is 79.9. The van der Waals surface area contributed by atoms with Crippen LogP contribution in [0.4, 0.5) is 5.69 Å². The number of hydrogen-bond donors (Lipinski definition) is 1. The van der Waals surface area contributed by atoms with Crippen molar-refractivity contribution in [3.05, 3.63) is 68.6 Å². The monoisotopic (exact) mass is 369 g/mol. The van der Waals surface area contributed by atoms with Gasteiger partial charge < -0.3 is 5.32 Å². The van der Waals surface area contributed by atoms with E-state index in [1.807, 2.05) is 24.3 Å². The zero-order chi connectivity index (χ0) is 14.5. The fourth-order valence-corrected chi connectivity index (χ4v) is 2.28. The molecule has 2 aromatic rings. The van der Waals surface area contributed by atoms with Crippen molar-refractivity contribution in [2.45, 2.75) is 0 Å². The molecule has 0 saturated heterocycles. The minimum absolute atomic E-state index is 0.289. The van der Waals surface area contributed by atoms with E-state index >= 15 is 0 Å². The van der Waals surface area contributed by atoms with Gasteiger partial charge >= 0.3 is 0 Å². The van der Waals surface area contributed by atoms with E-state index in [1.165, 1.54) is 6.08 Å². The van der Waals surface area contributed by atoms with Gasteiger partial charge in [-0.05, 0) is 35.9 Å². The number of nitrogens with one attached hydrogen (secondary N) is 1. The van der Waals surface area contributed by atoms with Crippen molar-refractivity contribution in [3.8, 4) is 0 Å². The van der Waals surface area contributed by atoms with Crippen LogP contribution in [-0.2, 0) is 4.79 Å². The molecule has 0 fully saturated rings. The third kappa shape index (κ3) is 4.10. The van der Waals surface area contributed by atoms with Crippen LogP contribution in [0, 0.1) is 0 Å². The van der Waals surface area contributed by atoms with Crippen molar-refractivity contribution >= 4 is 56.8 Å². The molecule has 2 aromatic carbocycles. The fraction of sp³-hybridized carbons (Fsp3) is 0. The van der Waals surface area contributed by atoms with Gasteiger partial charge in [0.1, 0.15) is 0 Å². The summed E-state index contributed by atoms with van der Waals surface area (Å²) in [7, 11) is 0. The van der Waals surface area contributed by atoms with Gasteiger partial charge in [0, 0.05) is 10.5 Å². The Morgan fingerprint density at radius 1 is 1.05 bits per heavy atom. The van der Waals surface area contributed by atoms with E-state index in [0.29, 0.717) is 15.7 Å². The molecule has 0 spiro atoms. The van der Waals surface area contributed by atoms with Crippen LogP contribution < -0.4 is 5.32 Å². The number of anilines is 1. The molecule has 5 heteroatoms. The molecule has 0 heterocycles. The number of carbonyl (C=O) groups excluding carboxylic acids is 1. The predicted octanol–water partition coefficient (Wildman–Crippen LogP) is 5.41. The Hall–Kier alpha value is -1.29. The Labute approximate surface area is 135 Å². The second kappa shape index (κ2) is 6.93. The van der Waals surface area contributed by atoms with E-state index in [9.17, 15) is 4.79 Å². The summed E-state index contributed by atoms with van der Waals surface area (Å²) in [6, 6.07) is 12.7. The van der Waals surface area contributed by atoms with Gasteiger partial charge in [-0.2, -0.15) is 0 Å². The molecule has 0 aliphatic heterocycles. The summed E-state index contributed by atoms with van der Waals surface area (Å²) in [6.45, 7) is 0. The number of carbonyl (C=O) groups is 1. The highest BCUT2D eigenvalue weighted by Gasteiger charge is 2.07. The summed E-state index contributed by atoms with van der Waals surface area (Å²) in [5.74, 6) is -0.289. The normalized spacial score (nSPS) is 10.8. The molecule has 2 rings (SSSR count). The van der Waals surface area contributed by atoms with Gasteiger partial charge in [0.2, 0.25) is 5.91 Å². The molecule has 20 heavy (non-hydrogen) atoms. The first kappa shape index (κ1) is 15.1. The van der Waals surface area contributed by atoms with Gasteiger partial charge in [-0.1, -0.05) is 57.3 Å². The summed E-state index contributed by atoms with van der Waals surface area (Å²) < 4.78 is 0.988. The van der Waals surface area contributed by atoms with Crippen molar-refractivity contribution in [3.63, 3.8) is 0 Å². The Balaban J connectivity index is 2.07. The van der Waals surface area contributed by atoms with Gasteiger partial charge in [-0.15, -0.1) is 0 Å². The Bertz CT molecular complexity index is 633. The Kier molecular flexibility index (Phi) is 5.24. The van der Waals surface area contributed by atoms with E-state index in [-0.39, 0.29) is 5.91 Å². The van der Waals surface area contributed by atoms with E-state index in [1.54, 1.807) is 24.3 Å². The maximum absolute atomic E-state index is 11.8. The molecule has 2 nitrogen and oxygen atoms in total. The van der Waals surface area contributed by atoms with Gasteiger partial charge in [0.25, 0.3) is 0 Å². The van der Waals surface area contributed by atoms with Crippen molar-refractivity contribution in [1.82, 2.24) is 0 Å². The molecule has 0 saturated carbocycles. The molecule has 102 valence electrons. The van der Waals surface area contributed by atoms with Crippen LogP contribution in [0.25, 0.3) is 6.08 Å². The lowest BCUT2D eigenvalue weighted by atomic mass is 10.2. The molecular weight excluding hydrogens is 361 g/mol. The van der Waals surface area contributed by atoms with Crippen LogP contribution in [0.5, 0.6) is 0 Å².